The van der Waals surface area contributed by atoms with Crippen molar-refractivity contribution in [2.75, 3.05) is 18.9 Å². The van der Waals surface area contributed by atoms with Gasteiger partial charge in [-0.1, -0.05) is 76.9 Å². The SMILES string of the molecule is CCC(CC)OC(=O)OCCl.CCC(CC)OC(=O)OCOC(=O)CC[C@@H]1N=C(c2ccccn2)c2cc(Br)c(Br)cc2-n2c(C)cnc21.CCC(O)CC.Cc1cnc2n1-c1cc(Br)c(Br)cc1C(c1ccccn1)=N[C@H]2CCC(=O)O.O=C(Cl)OCCl. The Morgan fingerprint density at radius 3 is 1.34 bits per heavy atom. The number of carbonyl (C=O) groups excluding carboxylic acids is 4. The van der Waals surface area contributed by atoms with Gasteiger partial charge < -0.3 is 38.6 Å². The molecule has 0 bridgehead atoms. The van der Waals surface area contributed by atoms with E-state index in [2.05, 4.69) is 114 Å². The van der Waals surface area contributed by atoms with Gasteiger partial charge in [-0.3, -0.25) is 38.7 Å². The molecule has 2 aliphatic rings. The van der Waals surface area contributed by atoms with Crippen LogP contribution in [0.15, 0.2) is 113 Å². The third kappa shape index (κ3) is 23.4. The number of rotatable bonds is 20. The van der Waals surface area contributed by atoms with Crippen LogP contribution in [0.5, 0.6) is 0 Å². The summed E-state index contributed by atoms with van der Waals surface area (Å²) in [6, 6.07) is 18.2. The molecule has 2 aromatic carbocycles. The number of fused-ring (bicyclic) bond motifs is 6. The first-order valence-electron chi connectivity index (χ1n) is 28.3. The number of imidazole rings is 2. The molecule has 0 saturated carbocycles. The van der Waals surface area contributed by atoms with Crippen LogP contribution in [0.4, 0.5) is 14.4 Å². The molecule has 2 N–H and O–H groups in total. The number of hydrogen-bond donors (Lipinski definition) is 2. The van der Waals surface area contributed by atoms with Gasteiger partial charge >= 0.3 is 29.7 Å². The van der Waals surface area contributed by atoms with E-state index in [0.29, 0.717) is 42.9 Å². The normalized spacial score (nSPS) is 13.3. The van der Waals surface area contributed by atoms with Crippen LogP contribution >= 0.6 is 98.5 Å². The fourth-order valence-electron chi connectivity index (χ4n) is 8.56. The summed E-state index contributed by atoms with van der Waals surface area (Å²) >= 11 is 29.1. The largest absolute Gasteiger partial charge is 0.511 e. The Bertz CT molecular complexity index is 3330. The Kier molecular flexibility index (Phi) is 33.5. The van der Waals surface area contributed by atoms with Crippen molar-refractivity contribution in [3.05, 3.63) is 149 Å². The monoisotopic (exact) mass is 1540 g/mol. The average molecular weight is 1550 g/mol. The molecule has 4 aromatic heterocycles. The lowest BCUT2D eigenvalue weighted by atomic mass is 10.0. The lowest BCUT2D eigenvalue weighted by molar-refractivity contribution is -0.154. The number of nitrogens with zero attached hydrogens (tertiary/aromatic N) is 8. The maximum Gasteiger partial charge on any atom is 0.511 e. The van der Waals surface area contributed by atoms with Gasteiger partial charge in [0.2, 0.25) is 6.79 Å². The summed E-state index contributed by atoms with van der Waals surface area (Å²) < 4.78 is 36.0. The first kappa shape index (κ1) is 75.7. The Hall–Kier alpha value is -5.80. The predicted molar refractivity (Wildman–Crippen MR) is 354 cm³/mol. The highest BCUT2D eigenvalue weighted by Crippen LogP contribution is 2.39. The molecule has 89 heavy (non-hydrogen) atoms. The molecular weight excluding hydrogens is 1480 g/mol. The zero-order valence-electron chi connectivity index (χ0n) is 50.3. The van der Waals surface area contributed by atoms with Crippen LogP contribution in [-0.2, 0) is 38.0 Å². The number of aryl methyl sites for hydroxylation is 2. The summed E-state index contributed by atoms with van der Waals surface area (Å²) in [5.74, 6) is 0.0792. The summed E-state index contributed by atoms with van der Waals surface area (Å²) in [5, 5.41) is 17.9. The number of alkyl halides is 2. The van der Waals surface area contributed by atoms with Crippen LogP contribution < -0.4 is 0 Å². The van der Waals surface area contributed by atoms with Gasteiger partial charge in [0.1, 0.15) is 35.9 Å². The van der Waals surface area contributed by atoms with E-state index in [0.717, 1.165) is 94.7 Å². The van der Waals surface area contributed by atoms with E-state index in [1.165, 1.54) is 0 Å². The van der Waals surface area contributed by atoms with Gasteiger partial charge in [-0.25, -0.2) is 24.4 Å². The second-order valence-corrected chi connectivity index (χ2v) is 23.4. The van der Waals surface area contributed by atoms with Crippen molar-refractivity contribution in [3.63, 3.8) is 0 Å². The van der Waals surface area contributed by atoms with E-state index in [4.69, 9.17) is 57.2 Å². The maximum atomic E-state index is 12.5. The summed E-state index contributed by atoms with van der Waals surface area (Å²) in [6.45, 7) is 15.1. The van der Waals surface area contributed by atoms with Gasteiger partial charge in [-0.15, -0.1) is 0 Å². The van der Waals surface area contributed by atoms with Crippen molar-refractivity contribution >= 4 is 140 Å². The zero-order valence-corrected chi connectivity index (χ0v) is 58.9. The molecule has 6 aromatic rings. The highest BCUT2D eigenvalue weighted by Gasteiger charge is 2.31. The Morgan fingerprint density at radius 1 is 0.573 bits per heavy atom. The molecule has 0 saturated heterocycles. The number of carboxylic acid groups (broad SMARTS) is 1. The second kappa shape index (κ2) is 39.5. The van der Waals surface area contributed by atoms with E-state index in [1.54, 1.807) is 24.8 Å². The number of carbonyl (C=O) groups is 5. The number of hydrogen-bond acceptors (Lipinski definition) is 18. The first-order valence-corrected chi connectivity index (χ1v) is 32.9. The molecule has 482 valence electrons. The third-order valence-electron chi connectivity index (χ3n) is 13.3. The maximum absolute atomic E-state index is 12.5. The van der Waals surface area contributed by atoms with Gasteiger partial charge in [-0.2, -0.15) is 0 Å². The van der Waals surface area contributed by atoms with Crippen LogP contribution in [0.25, 0.3) is 11.4 Å². The average Bonchev–Trinajstić information content (AvgIpc) is 1.67. The molecule has 6 heterocycles. The molecule has 0 fully saturated rings. The highest BCUT2D eigenvalue weighted by molar-refractivity contribution is 9.13. The van der Waals surface area contributed by atoms with Crippen molar-refractivity contribution in [2.45, 2.75) is 150 Å². The first-order chi connectivity index (χ1) is 42.6. The van der Waals surface area contributed by atoms with Crippen molar-refractivity contribution in [2.24, 2.45) is 9.98 Å². The number of pyridine rings is 2. The molecule has 28 heteroatoms. The fraction of sp³-hybridized carbons (Fsp3) is 0.426. The molecule has 0 amide bonds. The minimum atomic E-state index is -0.870. The molecular formula is C61H71Br4Cl3N8O13. The Morgan fingerprint density at radius 2 is 0.989 bits per heavy atom. The number of aromatic nitrogens is 6. The zero-order chi connectivity index (χ0) is 65.7. The minimum absolute atomic E-state index is 0.0132. The highest BCUT2D eigenvalue weighted by atomic mass is 79.9. The number of esters is 1. The number of carboxylic acids is 1. The lowest BCUT2D eigenvalue weighted by Crippen LogP contribution is -2.19. The van der Waals surface area contributed by atoms with Crippen molar-refractivity contribution in [1.29, 1.82) is 0 Å². The number of aliphatic carboxylic acids is 1. The van der Waals surface area contributed by atoms with Crippen molar-refractivity contribution in [3.8, 4) is 11.4 Å². The summed E-state index contributed by atoms with van der Waals surface area (Å²) in [7, 11) is 0. The third-order valence-corrected chi connectivity index (χ3v) is 17.3. The van der Waals surface area contributed by atoms with E-state index in [1.807, 2.05) is 116 Å². The number of aliphatic hydroxyl groups excluding tert-OH is 1. The van der Waals surface area contributed by atoms with Crippen LogP contribution in [0, 0.1) is 13.8 Å². The summed E-state index contributed by atoms with van der Waals surface area (Å²) in [5.41, 5.74) is 7.53. The van der Waals surface area contributed by atoms with Crippen LogP contribution in [0.1, 0.15) is 163 Å². The standard InChI is InChI=1S/C27H28Br2N4O5.C20H16Br2N4O2.C7H13ClO3.C5H12O.C2H2Cl2O2/c1-4-17(5-2)38-27(35)37-15-36-24(34)10-9-22-26-31-14-16(3)33(26)23-13-20(29)19(28)12-18(23)25(32-22)21-8-6-7-11-30-21;1-11-10-24-20-16(5-6-18(27)28)25-19(15-4-2-3-7-23-15)12-8-13(21)14(22)9-17(12)26(11)20;1-3-6(4-2)11-7(9)10-5-8;1-3-5(6)4-2;3-1-6-2(4)5/h6-8,11-14,17,22H,4-5,9-10,15H2,1-3H3;2-4,7-10,16H,5-6H2,1H3,(H,27,28);6H,3-5H2,1-2H3;5-6H,3-4H2,1-2H3;1H2/t22-;16-;;;/m00.../s1. The van der Waals surface area contributed by atoms with Gasteiger partial charge in [-0.05, 0) is 177 Å². The predicted octanol–water partition coefficient (Wildman–Crippen LogP) is 16.7. The molecule has 0 unspecified atom stereocenters. The fourth-order valence-corrected chi connectivity index (χ4v) is 10.2. The smallest absolute Gasteiger partial charge is 0.481 e. The molecule has 0 aliphatic carbocycles. The molecule has 0 spiro atoms. The van der Waals surface area contributed by atoms with Crippen LogP contribution in [0.3, 0.4) is 0 Å². The molecule has 21 nitrogen and oxygen atoms in total. The Labute approximate surface area is 566 Å². The van der Waals surface area contributed by atoms with Crippen molar-refractivity contribution in [1.82, 2.24) is 29.1 Å². The van der Waals surface area contributed by atoms with Gasteiger partial charge in [0, 0.05) is 89.6 Å². The second-order valence-electron chi connectivity index (χ2n) is 19.2. The van der Waals surface area contributed by atoms with E-state index in [-0.39, 0.29) is 49.3 Å². The molecule has 2 atom stereocenters. The summed E-state index contributed by atoms with van der Waals surface area (Å²) in [6.07, 6.45) is 10.6. The van der Waals surface area contributed by atoms with Gasteiger partial charge in [0.25, 0.3) is 0 Å². The number of aliphatic imine (C=N–C) groups is 2. The van der Waals surface area contributed by atoms with Gasteiger partial charge in [0.15, 0.2) is 12.1 Å². The van der Waals surface area contributed by atoms with Crippen LogP contribution in [0.2, 0.25) is 0 Å². The quantitative estimate of drug-likeness (QED) is 0.0236. The Balaban J connectivity index is 0.000000287. The molecule has 0 radical (unpaired) electrons. The van der Waals surface area contributed by atoms with E-state index < -0.39 is 42.5 Å². The summed E-state index contributed by atoms with van der Waals surface area (Å²) in [4.78, 5) is 83.9. The van der Waals surface area contributed by atoms with Gasteiger partial charge in [0.05, 0.1) is 40.3 Å². The number of aliphatic hydroxyl groups is 1. The topological polar surface area (TPSA) is 267 Å². The van der Waals surface area contributed by atoms with E-state index >= 15 is 0 Å². The van der Waals surface area contributed by atoms with Crippen molar-refractivity contribution < 1.29 is 62.6 Å². The van der Waals surface area contributed by atoms with E-state index in [9.17, 15) is 29.1 Å². The molecule has 2 aliphatic heterocycles. The lowest BCUT2D eigenvalue weighted by Gasteiger charge is -2.15. The number of benzene rings is 2. The number of halogens is 7. The number of ether oxygens (including phenoxy) is 6. The molecule has 8 rings (SSSR count). The minimum Gasteiger partial charge on any atom is -0.481 e. The van der Waals surface area contributed by atoms with Crippen LogP contribution in [-0.4, -0.2) is 118 Å².